The molecule has 2 nitrogen and oxygen atoms in total. The van der Waals surface area contributed by atoms with Gasteiger partial charge in [0.15, 0.2) is 0 Å². The maximum absolute atomic E-state index is 9.53. The van der Waals surface area contributed by atoms with Gasteiger partial charge in [0.25, 0.3) is 0 Å². The minimum atomic E-state index is 0.671. The first-order valence-corrected chi connectivity index (χ1v) is 8.43. The first-order chi connectivity index (χ1) is 9.72. The van der Waals surface area contributed by atoms with Crippen molar-refractivity contribution < 1.29 is 5.21 Å². The zero-order valence-electron chi connectivity index (χ0n) is 11.1. The molecule has 1 N–H and O–H groups in total. The van der Waals surface area contributed by atoms with E-state index in [1.807, 2.05) is 12.1 Å². The van der Waals surface area contributed by atoms with Crippen LogP contribution in [-0.4, -0.2) is 17.2 Å². The van der Waals surface area contributed by atoms with Gasteiger partial charge in [-0.2, -0.15) is 0 Å². The third-order valence-electron chi connectivity index (χ3n) is 3.66. The average Bonchev–Trinajstić information content (AvgIpc) is 2.62. The maximum Gasteiger partial charge on any atom is 0.117 e. The lowest BCUT2D eigenvalue weighted by atomic mass is 9.98. The molecule has 4 heteroatoms. The first-order valence-electron chi connectivity index (χ1n) is 6.41. The minimum Gasteiger partial charge on any atom is -0.410 e. The number of thioether (sulfide) groups is 1. The Morgan fingerprint density at radius 2 is 1.70 bits per heavy atom. The molecular formula is C16H14BrNOS. The Morgan fingerprint density at radius 1 is 1.05 bits per heavy atom. The van der Waals surface area contributed by atoms with Gasteiger partial charge in [-0.15, -0.1) is 11.8 Å². The van der Waals surface area contributed by atoms with Gasteiger partial charge < -0.3 is 5.21 Å². The van der Waals surface area contributed by atoms with Crippen LogP contribution in [0.25, 0.3) is 0 Å². The number of rotatable bonds is 1. The average molecular weight is 348 g/mol. The molecule has 1 aliphatic rings. The number of oxime groups is 1. The van der Waals surface area contributed by atoms with E-state index in [1.165, 1.54) is 16.0 Å². The van der Waals surface area contributed by atoms with Gasteiger partial charge in [-0.05, 0) is 54.5 Å². The fraction of sp³-hybridized carbons (Fsp3) is 0.188. The fourth-order valence-corrected chi connectivity index (χ4v) is 3.43. The van der Waals surface area contributed by atoms with Crippen molar-refractivity contribution in [2.24, 2.45) is 5.16 Å². The molecule has 1 aliphatic carbocycles. The Balaban J connectivity index is 2.24. The Hall–Kier alpha value is -1.26. The minimum absolute atomic E-state index is 0.671. The summed E-state index contributed by atoms with van der Waals surface area (Å²) in [6, 6.07) is 12.6. The van der Waals surface area contributed by atoms with Crippen LogP contribution in [0.5, 0.6) is 0 Å². The van der Waals surface area contributed by atoms with Crippen LogP contribution in [0.2, 0.25) is 0 Å². The van der Waals surface area contributed by atoms with Gasteiger partial charge in [0.2, 0.25) is 0 Å². The molecular weight excluding hydrogens is 334 g/mol. The highest BCUT2D eigenvalue weighted by molar-refractivity contribution is 9.10. The van der Waals surface area contributed by atoms with Crippen molar-refractivity contribution in [2.45, 2.75) is 17.7 Å². The quantitative estimate of drug-likeness (QED) is 0.468. The molecule has 0 aliphatic heterocycles. The summed E-state index contributed by atoms with van der Waals surface area (Å²) in [5, 5.41) is 13.1. The molecule has 0 aromatic heterocycles. The lowest BCUT2D eigenvalue weighted by Crippen LogP contribution is -2.06. The van der Waals surface area contributed by atoms with Crippen molar-refractivity contribution in [3.05, 3.63) is 63.1 Å². The van der Waals surface area contributed by atoms with E-state index in [9.17, 15) is 5.21 Å². The zero-order valence-corrected chi connectivity index (χ0v) is 13.5. The van der Waals surface area contributed by atoms with E-state index >= 15 is 0 Å². The van der Waals surface area contributed by atoms with Crippen LogP contribution in [0.4, 0.5) is 0 Å². The van der Waals surface area contributed by atoms with Gasteiger partial charge in [-0.1, -0.05) is 33.2 Å². The number of nitrogens with zero attached hydrogens (tertiary/aromatic N) is 1. The number of benzene rings is 2. The van der Waals surface area contributed by atoms with Gasteiger partial charge in [0, 0.05) is 20.5 Å². The molecule has 0 atom stereocenters. The van der Waals surface area contributed by atoms with E-state index in [-0.39, 0.29) is 0 Å². The lowest BCUT2D eigenvalue weighted by molar-refractivity contribution is 0.319. The smallest absolute Gasteiger partial charge is 0.117 e. The van der Waals surface area contributed by atoms with Gasteiger partial charge >= 0.3 is 0 Å². The third kappa shape index (κ3) is 2.38. The first kappa shape index (κ1) is 13.7. The highest BCUT2D eigenvalue weighted by Gasteiger charge is 2.20. The van der Waals surface area contributed by atoms with Gasteiger partial charge in [-0.3, -0.25) is 0 Å². The molecule has 0 unspecified atom stereocenters. The Bertz CT molecular complexity index is 697. The normalized spacial score (nSPS) is 15.6. The van der Waals surface area contributed by atoms with Crippen LogP contribution in [-0.2, 0) is 12.8 Å². The molecule has 3 rings (SSSR count). The van der Waals surface area contributed by atoms with Crippen LogP contribution in [0, 0.1) is 0 Å². The number of halogens is 1. The molecule has 2 aromatic carbocycles. The van der Waals surface area contributed by atoms with E-state index in [1.54, 1.807) is 11.8 Å². The fourth-order valence-electron chi connectivity index (χ4n) is 2.63. The van der Waals surface area contributed by atoms with E-state index < -0.39 is 0 Å². The second-order valence-corrected chi connectivity index (χ2v) is 6.57. The van der Waals surface area contributed by atoms with Crippen molar-refractivity contribution in [1.29, 1.82) is 0 Å². The molecule has 0 amide bonds. The Kier molecular flexibility index (Phi) is 3.85. The second kappa shape index (κ2) is 5.62. The van der Waals surface area contributed by atoms with Gasteiger partial charge in [0.05, 0.1) is 0 Å². The van der Waals surface area contributed by atoms with Crippen LogP contribution in [0.1, 0.15) is 22.3 Å². The van der Waals surface area contributed by atoms with Crippen LogP contribution >= 0.6 is 27.7 Å². The molecule has 2 aromatic rings. The van der Waals surface area contributed by atoms with Crippen LogP contribution in [0.15, 0.2) is 50.9 Å². The predicted octanol–water partition coefficient (Wildman–Crippen LogP) is 4.50. The maximum atomic E-state index is 9.53. The van der Waals surface area contributed by atoms with Crippen LogP contribution in [0.3, 0.4) is 0 Å². The standard InChI is InChI=1S/C16H14BrNOS/c1-20-13-7-5-11-3-2-10-4-6-12(17)8-14(10)16(18-19)15(11)9-13/h4-9,19H,2-3H2,1H3/b18-16-. The molecule has 0 saturated heterocycles. The van der Waals surface area contributed by atoms with E-state index in [0.29, 0.717) is 5.71 Å². The van der Waals surface area contributed by atoms with Crippen molar-refractivity contribution in [3.8, 4) is 0 Å². The predicted molar refractivity (Wildman–Crippen MR) is 87.2 cm³/mol. The summed E-state index contributed by atoms with van der Waals surface area (Å²) >= 11 is 5.20. The molecule has 0 spiro atoms. The number of aryl methyl sites for hydroxylation is 2. The molecule has 0 bridgehead atoms. The van der Waals surface area contributed by atoms with Crippen molar-refractivity contribution in [2.75, 3.05) is 6.26 Å². The molecule has 0 saturated carbocycles. The summed E-state index contributed by atoms with van der Waals surface area (Å²) in [6.07, 6.45) is 3.99. The highest BCUT2D eigenvalue weighted by atomic mass is 79.9. The van der Waals surface area contributed by atoms with Gasteiger partial charge in [-0.25, -0.2) is 0 Å². The third-order valence-corrected chi connectivity index (χ3v) is 4.88. The summed E-state index contributed by atoms with van der Waals surface area (Å²) < 4.78 is 1.00. The van der Waals surface area contributed by atoms with Gasteiger partial charge in [0.1, 0.15) is 5.71 Å². The summed E-state index contributed by atoms with van der Waals surface area (Å²) in [4.78, 5) is 1.18. The highest BCUT2D eigenvalue weighted by Crippen LogP contribution is 2.29. The van der Waals surface area contributed by atoms with Crippen molar-refractivity contribution in [3.63, 3.8) is 0 Å². The molecule has 0 radical (unpaired) electrons. The summed E-state index contributed by atoms with van der Waals surface area (Å²) in [7, 11) is 0. The van der Waals surface area contributed by atoms with E-state index in [2.05, 4.69) is 51.6 Å². The monoisotopic (exact) mass is 347 g/mol. The Morgan fingerprint density at radius 3 is 2.35 bits per heavy atom. The summed E-state index contributed by atoms with van der Waals surface area (Å²) in [6.45, 7) is 0. The summed E-state index contributed by atoms with van der Waals surface area (Å²) in [5.74, 6) is 0. The summed E-state index contributed by atoms with van der Waals surface area (Å²) in [5.41, 5.74) is 5.19. The van der Waals surface area contributed by atoms with Crippen molar-refractivity contribution in [1.82, 2.24) is 0 Å². The van der Waals surface area contributed by atoms with E-state index in [4.69, 9.17) is 0 Å². The topological polar surface area (TPSA) is 32.6 Å². The van der Waals surface area contributed by atoms with E-state index in [0.717, 1.165) is 28.4 Å². The molecule has 0 fully saturated rings. The van der Waals surface area contributed by atoms with Crippen LogP contribution < -0.4 is 0 Å². The number of hydrogen-bond donors (Lipinski definition) is 1. The second-order valence-electron chi connectivity index (χ2n) is 4.77. The zero-order chi connectivity index (χ0) is 14.1. The molecule has 102 valence electrons. The molecule has 0 heterocycles. The largest absolute Gasteiger partial charge is 0.410 e. The molecule has 20 heavy (non-hydrogen) atoms. The van der Waals surface area contributed by atoms with Crippen molar-refractivity contribution >= 4 is 33.4 Å². The lowest BCUT2D eigenvalue weighted by Gasteiger charge is -2.10. The SMILES string of the molecule is CSc1ccc2c(c1)/C(=N\O)c1cc(Br)ccc1CC2. The number of fused-ring (bicyclic) bond motifs is 2. The number of hydrogen-bond acceptors (Lipinski definition) is 3. The Labute approximate surface area is 131 Å².